The van der Waals surface area contributed by atoms with Gasteiger partial charge in [0.25, 0.3) is 0 Å². The molecule has 0 spiro atoms. The predicted molar refractivity (Wildman–Crippen MR) is 77.5 cm³/mol. The SMILES string of the molecule is CCC=CCCCCCCCCC.I. The second-order valence-electron chi connectivity index (χ2n) is 3.79. The molecule has 0 rings (SSSR count). The first-order chi connectivity index (χ1) is 6.41. The molecule has 0 fully saturated rings. The summed E-state index contributed by atoms with van der Waals surface area (Å²) in [6.45, 7) is 4.47. The molecule has 0 N–H and O–H groups in total. The van der Waals surface area contributed by atoms with Gasteiger partial charge in [-0.15, -0.1) is 24.0 Å². The average Bonchev–Trinajstić information content (AvgIpc) is 2.16. The lowest BCUT2D eigenvalue weighted by atomic mass is 10.1. The Labute approximate surface area is 108 Å². The summed E-state index contributed by atoms with van der Waals surface area (Å²) in [4.78, 5) is 0. The van der Waals surface area contributed by atoms with Crippen LogP contribution in [-0.4, -0.2) is 0 Å². The van der Waals surface area contributed by atoms with Crippen LogP contribution in [0.1, 0.15) is 71.6 Å². The molecule has 0 nitrogen and oxygen atoms in total. The molecule has 0 bridgehead atoms. The molecular formula is C13H27I. The van der Waals surface area contributed by atoms with E-state index in [4.69, 9.17) is 0 Å². The maximum Gasteiger partial charge on any atom is -0.0351 e. The molecule has 14 heavy (non-hydrogen) atoms. The van der Waals surface area contributed by atoms with Crippen molar-refractivity contribution < 1.29 is 0 Å². The van der Waals surface area contributed by atoms with Crippen LogP contribution in [0.4, 0.5) is 0 Å². The van der Waals surface area contributed by atoms with Gasteiger partial charge in [0.15, 0.2) is 0 Å². The second-order valence-corrected chi connectivity index (χ2v) is 3.79. The molecule has 0 aromatic carbocycles. The van der Waals surface area contributed by atoms with E-state index in [1.165, 1.54) is 57.8 Å². The molecule has 0 unspecified atom stereocenters. The molecule has 0 saturated carbocycles. The molecule has 0 saturated heterocycles. The van der Waals surface area contributed by atoms with Crippen LogP contribution in [0.15, 0.2) is 12.2 Å². The topological polar surface area (TPSA) is 0 Å². The van der Waals surface area contributed by atoms with Gasteiger partial charge in [-0.1, -0.05) is 64.5 Å². The van der Waals surface area contributed by atoms with Crippen molar-refractivity contribution in [3.8, 4) is 0 Å². The van der Waals surface area contributed by atoms with Gasteiger partial charge in [0, 0.05) is 0 Å². The van der Waals surface area contributed by atoms with Gasteiger partial charge in [-0.3, -0.25) is 0 Å². The highest BCUT2D eigenvalue weighted by molar-refractivity contribution is 14.0. The highest BCUT2D eigenvalue weighted by Crippen LogP contribution is 2.08. The molecule has 0 heterocycles. The Morgan fingerprint density at radius 3 is 1.86 bits per heavy atom. The van der Waals surface area contributed by atoms with Crippen molar-refractivity contribution in [3.63, 3.8) is 0 Å². The first kappa shape index (κ1) is 16.9. The van der Waals surface area contributed by atoms with Crippen LogP contribution in [0.25, 0.3) is 0 Å². The predicted octanol–water partition coefficient (Wildman–Crippen LogP) is 5.71. The van der Waals surface area contributed by atoms with Gasteiger partial charge in [-0.2, -0.15) is 0 Å². The maximum atomic E-state index is 2.33. The maximum absolute atomic E-state index is 2.33. The van der Waals surface area contributed by atoms with E-state index in [2.05, 4.69) is 26.0 Å². The Bertz CT molecular complexity index is 108. The fraction of sp³-hybridized carbons (Fsp3) is 0.846. The van der Waals surface area contributed by atoms with Crippen LogP contribution in [0.3, 0.4) is 0 Å². The Hall–Kier alpha value is 0.470. The smallest absolute Gasteiger partial charge is 0.0351 e. The Morgan fingerprint density at radius 1 is 0.714 bits per heavy atom. The molecule has 0 aliphatic heterocycles. The van der Waals surface area contributed by atoms with Crippen molar-refractivity contribution >= 4 is 24.0 Å². The zero-order chi connectivity index (χ0) is 9.78. The van der Waals surface area contributed by atoms with Gasteiger partial charge in [-0.05, 0) is 19.3 Å². The minimum atomic E-state index is 0. The Morgan fingerprint density at radius 2 is 1.29 bits per heavy atom. The molecule has 0 aromatic heterocycles. The van der Waals surface area contributed by atoms with Crippen molar-refractivity contribution in [2.45, 2.75) is 71.6 Å². The van der Waals surface area contributed by atoms with E-state index in [9.17, 15) is 0 Å². The Balaban J connectivity index is 0. The van der Waals surface area contributed by atoms with Crippen molar-refractivity contribution in [2.75, 3.05) is 0 Å². The largest absolute Gasteiger partial charge is 0.107 e. The summed E-state index contributed by atoms with van der Waals surface area (Å²) in [6.07, 6.45) is 17.0. The van der Waals surface area contributed by atoms with E-state index in [1.54, 1.807) is 0 Å². The highest BCUT2D eigenvalue weighted by atomic mass is 127. The first-order valence-corrected chi connectivity index (χ1v) is 6.06. The molecule has 0 aromatic rings. The zero-order valence-electron chi connectivity index (χ0n) is 9.93. The molecule has 0 aliphatic carbocycles. The van der Waals surface area contributed by atoms with E-state index >= 15 is 0 Å². The van der Waals surface area contributed by atoms with Gasteiger partial charge in [-0.25, -0.2) is 0 Å². The highest BCUT2D eigenvalue weighted by Gasteiger charge is 1.88. The lowest BCUT2D eigenvalue weighted by Crippen LogP contribution is -1.78. The lowest BCUT2D eigenvalue weighted by Gasteiger charge is -1.98. The number of hydrogen-bond donors (Lipinski definition) is 0. The van der Waals surface area contributed by atoms with Gasteiger partial charge >= 0.3 is 0 Å². The summed E-state index contributed by atoms with van der Waals surface area (Å²) in [6, 6.07) is 0. The summed E-state index contributed by atoms with van der Waals surface area (Å²) < 4.78 is 0. The summed E-state index contributed by atoms with van der Waals surface area (Å²) in [5.41, 5.74) is 0. The van der Waals surface area contributed by atoms with Crippen LogP contribution in [0.5, 0.6) is 0 Å². The summed E-state index contributed by atoms with van der Waals surface area (Å²) in [7, 11) is 0. The fourth-order valence-corrected chi connectivity index (χ4v) is 1.50. The molecule has 0 amide bonds. The number of unbranched alkanes of at least 4 members (excludes halogenated alkanes) is 7. The zero-order valence-corrected chi connectivity index (χ0v) is 12.3. The molecule has 1 heteroatoms. The van der Waals surface area contributed by atoms with Crippen LogP contribution < -0.4 is 0 Å². The summed E-state index contributed by atoms with van der Waals surface area (Å²) >= 11 is 0. The molecule has 0 radical (unpaired) electrons. The first-order valence-electron chi connectivity index (χ1n) is 6.06. The van der Waals surface area contributed by atoms with Crippen LogP contribution in [0, 0.1) is 0 Å². The number of hydrogen-bond acceptors (Lipinski definition) is 0. The summed E-state index contributed by atoms with van der Waals surface area (Å²) in [5, 5.41) is 0. The minimum Gasteiger partial charge on any atom is -0.107 e. The van der Waals surface area contributed by atoms with Crippen molar-refractivity contribution in [1.29, 1.82) is 0 Å². The van der Waals surface area contributed by atoms with Gasteiger partial charge < -0.3 is 0 Å². The van der Waals surface area contributed by atoms with Gasteiger partial charge in [0.1, 0.15) is 0 Å². The van der Waals surface area contributed by atoms with Crippen LogP contribution in [0.2, 0.25) is 0 Å². The quantitative estimate of drug-likeness (QED) is 0.291. The van der Waals surface area contributed by atoms with Crippen molar-refractivity contribution in [1.82, 2.24) is 0 Å². The standard InChI is InChI=1S/C13H26.HI/c1-3-5-7-9-11-13-12-10-8-6-4-2;/h5,7H,3-4,6,8-13H2,1-2H3;1H. The van der Waals surface area contributed by atoms with Crippen molar-refractivity contribution in [2.24, 2.45) is 0 Å². The molecule has 86 valence electrons. The number of rotatable bonds is 9. The van der Waals surface area contributed by atoms with Gasteiger partial charge in [0.2, 0.25) is 0 Å². The van der Waals surface area contributed by atoms with Crippen LogP contribution in [-0.2, 0) is 0 Å². The van der Waals surface area contributed by atoms with E-state index in [1.807, 2.05) is 0 Å². The van der Waals surface area contributed by atoms with E-state index < -0.39 is 0 Å². The van der Waals surface area contributed by atoms with Gasteiger partial charge in [0.05, 0.1) is 0 Å². The normalized spacial score (nSPS) is 10.4. The molecular weight excluding hydrogens is 283 g/mol. The third-order valence-corrected chi connectivity index (χ3v) is 2.38. The van der Waals surface area contributed by atoms with E-state index in [0.717, 1.165) is 0 Å². The third-order valence-electron chi connectivity index (χ3n) is 2.38. The molecule has 0 aliphatic rings. The monoisotopic (exact) mass is 310 g/mol. The average molecular weight is 310 g/mol. The second kappa shape index (κ2) is 15.9. The van der Waals surface area contributed by atoms with Crippen LogP contribution >= 0.6 is 24.0 Å². The van der Waals surface area contributed by atoms with Crippen molar-refractivity contribution in [3.05, 3.63) is 12.2 Å². The lowest BCUT2D eigenvalue weighted by molar-refractivity contribution is 0.592. The third kappa shape index (κ3) is 15.0. The van der Waals surface area contributed by atoms with E-state index in [-0.39, 0.29) is 24.0 Å². The fourth-order valence-electron chi connectivity index (χ4n) is 1.50. The number of halogens is 1. The summed E-state index contributed by atoms with van der Waals surface area (Å²) in [5.74, 6) is 0. The van der Waals surface area contributed by atoms with E-state index in [0.29, 0.717) is 0 Å². The molecule has 0 atom stereocenters. The Kier molecular flexibility index (Phi) is 19.2. The minimum absolute atomic E-state index is 0. The number of allylic oxidation sites excluding steroid dienone is 2.